The molecule has 2 rings (SSSR count). The molecule has 0 atom stereocenters. The second kappa shape index (κ2) is 4.37. The molecule has 5 nitrogen and oxygen atoms in total. The number of benzene rings is 1. The average molecular weight is 232 g/mol. The highest BCUT2D eigenvalue weighted by Gasteiger charge is 2.11. The number of H-pyrrole nitrogens is 1. The molecule has 1 N–H and O–H groups in total. The van der Waals surface area contributed by atoms with E-state index in [1.54, 1.807) is 19.1 Å². The van der Waals surface area contributed by atoms with Crippen LogP contribution in [-0.4, -0.2) is 22.5 Å². The highest BCUT2D eigenvalue weighted by Crippen LogP contribution is 2.09. The quantitative estimate of drug-likeness (QED) is 0.794. The third kappa shape index (κ3) is 2.18. The van der Waals surface area contributed by atoms with Gasteiger partial charge < -0.3 is 9.72 Å². The van der Waals surface area contributed by atoms with Gasteiger partial charge in [0.2, 0.25) is 5.82 Å². The van der Waals surface area contributed by atoms with Crippen molar-refractivity contribution in [2.45, 2.75) is 13.8 Å². The summed E-state index contributed by atoms with van der Waals surface area (Å²) in [5.74, 6) is -0.678. The molecule has 1 heterocycles. The number of fused-ring (bicyclic) bond motifs is 1. The molecule has 0 amide bonds. The maximum Gasteiger partial charge on any atom is 0.374 e. The summed E-state index contributed by atoms with van der Waals surface area (Å²) >= 11 is 0. The standard InChI is InChI=1S/C12H12N2O3/c1-3-17-12(16)10-13-9-6-7(2)4-5-8(9)11(15)14-10/h4-6H,3H2,1-2H3,(H,13,14,15). The zero-order valence-corrected chi connectivity index (χ0v) is 9.61. The number of rotatable bonds is 2. The Morgan fingerprint density at radius 1 is 1.47 bits per heavy atom. The molecule has 0 aliphatic carbocycles. The lowest BCUT2D eigenvalue weighted by Gasteiger charge is -2.03. The second-order valence-electron chi connectivity index (χ2n) is 3.66. The Bertz CT molecular complexity index is 631. The normalized spacial score (nSPS) is 10.5. The van der Waals surface area contributed by atoms with Crippen LogP contribution < -0.4 is 5.56 Å². The summed E-state index contributed by atoms with van der Waals surface area (Å²) < 4.78 is 4.79. The number of hydrogen-bond donors (Lipinski definition) is 1. The number of nitrogens with one attached hydrogen (secondary N) is 1. The van der Waals surface area contributed by atoms with Gasteiger partial charge in [0.1, 0.15) is 0 Å². The van der Waals surface area contributed by atoms with Gasteiger partial charge in [-0.05, 0) is 31.5 Å². The minimum Gasteiger partial charge on any atom is -0.460 e. The van der Waals surface area contributed by atoms with E-state index in [0.717, 1.165) is 5.56 Å². The van der Waals surface area contributed by atoms with E-state index in [0.29, 0.717) is 10.9 Å². The monoisotopic (exact) mass is 232 g/mol. The molecule has 5 heteroatoms. The van der Waals surface area contributed by atoms with Crippen LogP contribution in [0.5, 0.6) is 0 Å². The summed E-state index contributed by atoms with van der Waals surface area (Å²) in [5, 5.41) is 0.462. The Balaban J connectivity index is 2.61. The van der Waals surface area contributed by atoms with Crippen molar-refractivity contribution in [1.82, 2.24) is 9.97 Å². The van der Waals surface area contributed by atoms with E-state index in [9.17, 15) is 9.59 Å². The molecule has 1 aromatic carbocycles. The van der Waals surface area contributed by atoms with Gasteiger partial charge in [-0.25, -0.2) is 4.79 Å². The summed E-state index contributed by atoms with van der Waals surface area (Å²) in [4.78, 5) is 29.6. The van der Waals surface area contributed by atoms with Crippen LogP contribution in [0.2, 0.25) is 0 Å². The molecule has 0 unspecified atom stereocenters. The molecule has 0 aliphatic heterocycles. The Labute approximate surface area is 97.4 Å². The molecule has 0 fully saturated rings. The van der Waals surface area contributed by atoms with Gasteiger partial charge in [-0.3, -0.25) is 4.79 Å². The van der Waals surface area contributed by atoms with Crippen LogP contribution in [0.25, 0.3) is 10.9 Å². The first-order valence-electron chi connectivity index (χ1n) is 5.29. The fraction of sp³-hybridized carbons (Fsp3) is 0.250. The Morgan fingerprint density at radius 2 is 2.24 bits per heavy atom. The summed E-state index contributed by atoms with van der Waals surface area (Å²) in [5.41, 5.74) is 1.16. The number of aromatic nitrogens is 2. The van der Waals surface area contributed by atoms with Crippen molar-refractivity contribution >= 4 is 16.9 Å². The first-order valence-corrected chi connectivity index (χ1v) is 5.29. The average Bonchev–Trinajstić information content (AvgIpc) is 2.28. The van der Waals surface area contributed by atoms with E-state index in [-0.39, 0.29) is 12.4 Å². The molecule has 0 saturated carbocycles. The topological polar surface area (TPSA) is 72.0 Å². The van der Waals surface area contributed by atoms with E-state index >= 15 is 0 Å². The SMILES string of the molecule is CCOC(=O)c1nc(=O)c2ccc(C)cc2[nH]1. The molecular formula is C12H12N2O3. The van der Waals surface area contributed by atoms with Crippen molar-refractivity contribution in [3.63, 3.8) is 0 Å². The minimum atomic E-state index is -0.618. The fourth-order valence-corrected chi connectivity index (χ4v) is 1.56. The largest absolute Gasteiger partial charge is 0.460 e. The molecule has 0 saturated heterocycles. The smallest absolute Gasteiger partial charge is 0.374 e. The van der Waals surface area contributed by atoms with Crippen molar-refractivity contribution in [2.75, 3.05) is 6.61 Å². The lowest BCUT2D eigenvalue weighted by atomic mass is 10.2. The zero-order chi connectivity index (χ0) is 12.4. The van der Waals surface area contributed by atoms with E-state index in [1.807, 2.05) is 13.0 Å². The van der Waals surface area contributed by atoms with Crippen molar-refractivity contribution in [2.24, 2.45) is 0 Å². The number of hydrogen-bond acceptors (Lipinski definition) is 4. The van der Waals surface area contributed by atoms with Gasteiger partial charge in [-0.1, -0.05) is 6.07 Å². The molecule has 0 radical (unpaired) electrons. The van der Waals surface area contributed by atoms with Crippen LogP contribution >= 0.6 is 0 Å². The van der Waals surface area contributed by atoms with Crippen molar-refractivity contribution < 1.29 is 9.53 Å². The van der Waals surface area contributed by atoms with Crippen molar-refractivity contribution in [3.8, 4) is 0 Å². The maximum atomic E-state index is 11.7. The highest BCUT2D eigenvalue weighted by molar-refractivity contribution is 5.88. The van der Waals surface area contributed by atoms with Gasteiger partial charge in [0.25, 0.3) is 5.56 Å². The molecule has 0 bridgehead atoms. The Kier molecular flexibility index (Phi) is 2.91. The minimum absolute atomic E-state index is 0.0602. The van der Waals surface area contributed by atoms with Crippen LogP contribution in [0.15, 0.2) is 23.0 Å². The first-order chi connectivity index (χ1) is 8.11. The van der Waals surface area contributed by atoms with Crippen molar-refractivity contribution in [1.29, 1.82) is 0 Å². The Hall–Kier alpha value is -2.17. The highest BCUT2D eigenvalue weighted by atomic mass is 16.5. The van der Waals surface area contributed by atoms with Crippen LogP contribution in [0.3, 0.4) is 0 Å². The summed E-state index contributed by atoms with van der Waals surface area (Å²) in [6.45, 7) is 3.85. The number of carbonyl (C=O) groups is 1. The van der Waals surface area contributed by atoms with E-state index in [2.05, 4.69) is 9.97 Å². The number of aromatic amines is 1. The van der Waals surface area contributed by atoms with Gasteiger partial charge in [-0.2, -0.15) is 4.98 Å². The van der Waals surface area contributed by atoms with Crippen LogP contribution in [-0.2, 0) is 4.74 Å². The van der Waals surface area contributed by atoms with Crippen LogP contribution in [0.4, 0.5) is 0 Å². The maximum absolute atomic E-state index is 11.7. The predicted molar refractivity (Wildman–Crippen MR) is 63.1 cm³/mol. The third-order valence-electron chi connectivity index (χ3n) is 2.34. The van der Waals surface area contributed by atoms with E-state index in [4.69, 9.17) is 4.74 Å². The van der Waals surface area contributed by atoms with Gasteiger partial charge in [0, 0.05) is 0 Å². The molecule has 88 valence electrons. The van der Waals surface area contributed by atoms with Crippen molar-refractivity contribution in [3.05, 3.63) is 39.9 Å². The lowest BCUT2D eigenvalue weighted by molar-refractivity contribution is 0.0512. The Morgan fingerprint density at radius 3 is 2.94 bits per heavy atom. The summed E-state index contributed by atoms with van der Waals surface area (Å²) in [6.07, 6.45) is 0. The van der Waals surface area contributed by atoms with Crippen LogP contribution in [0.1, 0.15) is 23.1 Å². The number of ether oxygens (including phenoxy) is 1. The van der Waals surface area contributed by atoms with Crippen LogP contribution in [0, 0.1) is 6.92 Å². The fourth-order valence-electron chi connectivity index (χ4n) is 1.56. The van der Waals surface area contributed by atoms with E-state index < -0.39 is 11.5 Å². The molecule has 17 heavy (non-hydrogen) atoms. The molecule has 1 aromatic heterocycles. The lowest BCUT2D eigenvalue weighted by Crippen LogP contribution is -2.17. The number of aryl methyl sites for hydroxylation is 1. The number of carbonyl (C=O) groups excluding carboxylic acids is 1. The van der Waals surface area contributed by atoms with Gasteiger partial charge in [0.05, 0.1) is 17.5 Å². The second-order valence-corrected chi connectivity index (χ2v) is 3.66. The predicted octanol–water partition coefficient (Wildman–Crippen LogP) is 1.41. The van der Waals surface area contributed by atoms with Gasteiger partial charge in [0.15, 0.2) is 0 Å². The molecular weight excluding hydrogens is 220 g/mol. The van der Waals surface area contributed by atoms with Gasteiger partial charge >= 0.3 is 5.97 Å². The molecule has 0 spiro atoms. The van der Waals surface area contributed by atoms with Gasteiger partial charge in [-0.15, -0.1) is 0 Å². The summed E-state index contributed by atoms with van der Waals surface area (Å²) in [7, 11) is 0. The summed E-state index contributed by atoms with van der Waals surface area (Å²) in [6, 6.07) is 5.30. The third-order valence-corrected chi connectivity index (χ3v) is 2.34. The number of esters is 1. The molecule has 2 aromatic rings. The molecule has 0 aliphatic rings. The zero-order valence-electron chi connectivity index (χ0n) is 9.61. The number of nitrogens with zero attached hydrogens (tertiary/aromatic N) is 1. The van der Waals surface area contributed by atoms with E-state index in [1.165, 1.54) is 0 Å². The first kappa shape index (κ1) is 11.3.